The topological polar surface area (TPSA) is 54.4 Å². The lowest BCUT2D eigenvalue weighted by Crippen LogP contribution is -2.23. The minimum Gasteiger partial charge on any atom is -0.481 e. The maximum absolute atomic E-state index is 13.0. The summed E-state index contributed by atoms with van der Waals surface area (Å²) in [6.07, 6.45) is 15.1. The number of hydrogen-bond acceptors (Lipinski definition) is 2. The lowest BCUT2D eigenvalue weighted by molar-refractivity contribution is -0.137. The van der Waals surface area contributed by atoms with E-state index in [4.69, 9.17) is 16.7 Å². The Bertz CT molecular complexity index is 1020. The number of carbonyl (C=O) groups is 2. The van der Waals surface area contributed by atoms with E-state index in [1.165, 1.54) is 30.4 Å². The fraction of sp³-hybridized carbons (Fsp3) is 0.400. The third-order valence-electron chi connectivity index (χ3n) is 6.34. The molecular formula is C30H37ClO3. The zero-order valence-electron chi connectivity index (χ0n) is 21.0. The first-order valence-corrected chi connectivity index (χ1v) is 12.3. The van der Waals surface area contributed by atoms with Crippen LogP contribution in [0.5, 0.6) is 0 Å². The van der Waals surface area contributed by atoms with Crippen LogP contribution in [0.3, 0.4) is 0 Å². The van der Waals surface area contributed by atoms with Crippen LogP contribution in [0.1, 0.15) is 71.8 Å². The van der Waals surface area contributed by atoms with Crippen molar-refractivity contribution in [3.05, 3.63) is 94.6 Å². The molecule has 2 rings (SSSR count). The molecule has 0 spiro atoms. The van der Waals surface area contributed by atoms with E-state index >= 15 is 0 Å². The third kappa shape index (κ3) is 8.29. The Labute approximate surface area is 209 Å². The highest BCUT2D eigenvalue weighted by atomic mass is 35.5. The molecule has 3 nitrogen and oxygen atoms in total. The smallest absolute Gasteiger partial charge is 0.304 e. The molecule has 1 aliphatic carbocycles. The highest BCUT2D eigenvalue weighted by molar-refractivity contribution is 6.24. The molecule has 0 saturated carbocycles. The van der Waals surface area contributed by atoms with E-state index in [0.717, 1.165) is 16.7 Å². The molecule has 0 bridgehead atoms. The van der Waals surface area contributed by atoms with Crippen molar-refractivity contribution in [3.63, 3.8) is 0 Å². The van der Waals surface area contributed by atoms with Gasteiger partial charge < -0.3 is 5.11 Å². The van der Waals surface area contributed by atoms with Gasteiger partial charge in [-0.15, -0.1) is 11.6 Å². The van der Waals surface area contributed by atoms with Crippen molar-refractivity contribution < 1.29 is 14.7 Å². The van der Waals surface area contributed by atoms with Gasteiger partial charge in [-0.2, -0.15) is 0 Å². The van der Waals surface area contributed by atoms with E-state index < -0.39 is 17.3 Å². The second kappa shape index (κ2) is 12.7. The standard InChI is InChI=1S/C30H37ClO3/c1-21(16-17-25-23(3)13-10-18-30(25,4)5)11-9-12-22(2)19-27(32)29(26(31)20-28(33)34)24-14-7-6-8-15-24/h6-9,11-12,14-17,19,26,29H,10,13,18,20H2,1-5H3,(H,33,34)/b12-9+,17-16+,21-11+,22-19+. The van der Waals surface area contributed by atoms with Crippen LogP contribution in [-0.4, -0.2) is 22.2 Å². The summed E-state index contributed by atoms with van der Waals surface area (Å²) in [5.41, 5.74) is 5.75. The van der Waals surface area contributed by atoms with E-state index in [-0.39, 0.29) is 17.6 Å². The minimum atomic E-state index is -1.02. The van der Waals surface area contributed by atoms with Crippen molar-refractivity contribution >= 4 is 23.4 Å². The normalized spacial score (nSPS) is 19.0. The molecule has 1 aliphatic rings. The number of aliphatic carboxylic acids is 1. The maximum atomic E-state index is 13.0. The number of carboxylic acids is 1. The number of allylic oxidation sites excluding steroid dienone is 10. The van der Waals surface area contributed by atoms with Gasteiger partial charge in [0.25, 0.3) is 0 Å². The number of hydrogen-bond donors (Lipinski definition) is 1. The van der Waals surface area contributed by atoms with Gasteiger partial charge in [0, 0.05) is 0 Å². The molecule has 0 fully saturated rings. The number of alkyl halides is 1. The highest BCUT2D eigenvalue weighted by Gasteiger charge is 2.29. The van der Waals surface area contributed by atoms with Crippen LogP contribution in [0.2, 0.25) is 0 Å². The quantitative estimate of drug-likeness (QED) is 0.210. The molecule has 0 aliphatic heterocycles. The van der Waals surface area contributed by atoms with Crippen LogP contribution in [0.4, 0.5) is 0 Å². The third-order valence-corrected chi connectivity index (χ3v) is 6.75. The number of carboxylic acid groups (broad SMARTS) is 1. The Morgan fingerprint density at radius 1 is 1.12 bits per heavy atom. The zero-order valence-corrected chi connectivity index (χ0v) is 21.7. The van der Waals surface area contributed by atoms with Gasteiger partial charge >= 0.3 is 5.97 Å². The lowest BCUT2D eigenvalue weighted by atomic mass is 9.72. The first-order valence-electron chi connectivity index (χ1n) is 11.9. The average molecular weight is 481 g/mol. The number of halogens is 1. The Kier molecular flexibility index (Phi) is 10.3. The summed E-state index contributed by atoms with van der Waals surface area (Å²) in [6.45, 7) is 10.8. The highest BCUT2D eigenvalue weighted by Crippen LogP contribution is 2.40. The summed E-state index contributed by atoms with van der Waals surface area (Å²) in [5.74, 6) is -1.93. The lowest BCUT2D eigenvalue weighted by Gasteiger charge is -2.32. The Morgan fingerprint density at radius 3 is 2.41 bits per heavy atom. The zero-order chi connectivity index (χ0) is 25.3. The molecule has 2 unspecified atom stereocenters. The molecule has 0 radical (unpaired) electrons. The van der Waals surface area contributed by atoms with E-state index in [0.29, 0.717) is 0 Å². The number of rotatable bonds is 10. The molecule has 1 aromatic rings. The van der Waals surface area contributed by atoms with Gasteiger partial charge in [-0.05, 0) is 68.2 Å². The van der Waals surface area contributed by atoms with Gasteiger partial charge in [0.15, 0.2) is 5.78 Å². The fourth-order valence-corrected chi connectivity index (χ4v) is 4.89. The fourth-order valence-electron chi connectivity index (χ4n) is 4.49. The Morgan fingerprint density at radius 2 is 1.79 bits per heavy atom. The predicted octanol–water partition coefficient (Wildman–Crippen LogP) is 7.95. The summed E-state index contributed by atoms with van der Waals surface area (Å²) in [4.78, 5) is 24.2. The minimum absolute atomic E-state index is 0.197. The van der Waals surface area contributed by atoms with Gasteiger partial charge in [0.2, 0.25) is 0 Å². The van der Waals surface area contributed by atoms with E-state index in [9.17, 15) is 9.59 Å². The van der Waals surface area contributed by atoms with E-state index in [2.05, 4.69) is 39.8 Å². The van der Waals surface area contributed by atoms with Crippen molar-refractivity contribution in [3.8, 4) is 0 Å². The average Bonchev–Trinajstić information content (AvgIpc) is 2.73. The van der Waals surface area contributed by atoms with Crippen LogP contribution in [0.25, 0.3) is 0 Å². The second-order valence-corrected chi connectivity index (χ2v) is 10.4. The van der Waals surface area contributed by atoms with Gasteiger partial charge in [0.05, 0.1) is 17.7 Å². The molecule has 182 valence electrons. The molecule has 4 heteroatoms. The molecule has 2 atom stereocenters. The van der Waals surface area contributed by atoms with Crippen molar-refractivity contribution in [1.82, 2.24) is 0 Å². The van der Waals surface area contributed by atoms with E-state index in [1.807, 2.05) is 55.5 Å². The monoisotopic (exact) mass is 480 g/mol. The number of benzene rings is 1. The SMILES string of the molecule is CC1=C(/C=C/C(C)=C/C=C/C(C)=C/C(=O)C(c2ccccc2)C(Cl)CC(=O)O)C(C)(C)CCC1. The van der Waals surface area contributed by atoms with Crippen LogP contribution < -0.4 is 0 Å². The van der Waals surface area contributed by atoms with Crippen LogP contribution >= 0.6 is 11.6 Å². The van der Waals surface area contributed by atoms with Crippen molar-refractivity contribution in [2.24, 2.45) is 5.41 Å². The summed E-state index contributed by atoms with van der Waals surface area (Å²) in [6, 6.07) is 9.11. The van der Waals surface area contributed by atoms with Crippen molar-refractivity contribution in [2.45, 2.75) is 71.6 Å². The Balaban J connectivity index is 2.13. The summed E-state index contributed by atoms with van der Waals surface area (Å²) in [7, 11) is 0. The molecule has 0 aromatic heterocycles. The molecule has 1 aromatic carbocycles. The molecule has 0 saturated heterocycles. The molecule has 34 heavy (non-hydrogen) atoms. The first-order chi connectivity index (χ1) is 16.0. The number of ketones is 1. The number of carbonyl (C=O) groups excluding carboxylic acids is 1. The van der Waals surface area contributed by atoms with Crippen LogP contribution in [0, 0.1) is 5.41 Å². The first kappa shape index (κ1) is 27.6. The van der Waals surface area contributed by atoms with Crippen molar-refractivity contribution in [1.29, 1.82) is 0 Å². The molecule has 0 heterocycles. The van der Waals surface area contributed by atoms with Crippen molar-refractivity contribution in [2.75, 3.05) is 0 Å². The summed E-state index contributed by atoms with van der Waals surface area (Å²) in [5, 5.41) is 8.32. The molecular weight excluding hydrogens is 444 g/mol. The van der Waals surface area contributed by atoms with Gasteiger partial charge in [0.1, 0.15) is 0 Å². The van der Waals surface area contributed by atoms with Crippen LogP contribution in [-0.2, 0) is 9.59 Å². The van der Waals surface area contributed by atoms with Gasteiger partial charge in [-0.3, -0.25) is 9.59 Å². The summed E-state index contributed by atoms with van der Waals surface area (Å²) < 4.78 is 0. The molecule has 0 amide bonds. The second-order valence-electron chi connectivity index (χ2n) is 9.83. The van der Waals surface area contributed by atoms with Crippen LogP contribution in [0.15, 0.2) is 89.1 Å². The van der Waals surface area contributed by atoms with E-state index in [1.54, 1.807) is 6.08 Å². The Hall–Kier alpha value is -2.65. The van der Waals surface area contributed by atoms with Gasteiger partial charge in [-0.25, -0.2) is 0 Å². The largest absolute Gasteiger partial charge is 0.481 e. The predicted molar refractivity (Wildman–Crippen MR) is 142 cm³/mol. The molecule has 1 N–H and O–H groups in total. The van der Waals surface area contributed by atoms with Gasteiger partial charge in [-0.1, -0.05) is 85.7 Å². The maximum Gasteiger partial charge on any atom is 0.304 e. The summed E-state index contributed by atoms with van der Waals surface area (Å²) >= 11 is 6.36.